The predicted molar refractivity (Wildman–Crippen MR) is 73.6 cm³/mol. The maximum atomic E-state index is 3.59. The Morgan fingerprint density at radius 2 is 2.35 bits per heavy atom. The third-order valence-electron chi connectivity index (χ3n) is 4.11. The summed E-state index contributed by atoms with van der Waals surface area (Å²) in [5.41, 5.74) is 1.57. The zero-order valence-corrected chi connectivity index (χ0v) is 11.4. The van der Waals surface area contributed by atoms with Gasteiger partial charge in [-0.15, -0.1) is 11.3 Å². The van der Waals surface area contributed by atoms with E-state index >= 15 is 0 Å². The summed E-state index contributed by atoms with van der Waals surface area (Å²) in [6.07, 6.45) is 4.15. The molecule has 1 aliphatic carbocycles. The van der Waals surface area contributed by atoms with E-state index in [2.05, 4.69) is 28.6 Å². The van der Waals surface area contributed by atoms with Gasteiger partial charge in [-0.2, -0.15) is 0 Å². The molecule has 1 aliphatic heterocycles. The SMILES string of the molecule is CC1c2ccsc2CCN1CCNCC1CC1. The highest BCUT2D eigenvalue weighted by Gasteiger charge is 2.24. The minimum atomic E-state index is 0.618. The highest BCUT2D eigenvalue weighted by atomic mass is 32.1. The first-order chi connectivity index (χ1) is 8.34. The largest absolute Gasteiger partial charge is 0.315 e. The van der Waals surface area contributed by atoms with Crippen LogP contribution in [-0.2, 0) is 6.42 Å². The van der Waals surface area contributed by atoms with E-state index in [4.69, 9.17) is 0 Å². The zero-order chi connectivity index (χ0) is 11.7. The standard InChI is InChI=1S/C14H22N2S/c1-11-13-5-9-17-14(13)4-7-16(11)8-6-15-10-12-2-3-12/h5,9,11-12,15H,2-4,6-8,10H2,1H3. The van der Waals surface area contributed by atoms with Gasteiger partial charge in [-0.1, -0.05) is 0 Å². The lowest BCUT2D eigenvalue weighted by atomic mass is 10.0. The van der Waals surface area contributed by atoms with Gasteiger partial charge in [0.2, 0.25) is 0 Å². The molecule has 1 unspecified atom stereocenters. The molecule has 0 bridgehead atoms. The second kappa shape index (κ2) is 5.09. The van der Waals surface area contributed by atoms with Crippen LogP contribution < -0.4 is 5.32 Å². The maximum Gasteiger partial charge on any atom is 0.0331 e. The van der Waals surface area contributed by atoms with Crippen LogP contribution in [-0.4, -0.2) is 31.1 Å². The van der Waals surface area contributed by atoms with Crippen molar-refractivity contribution in [3.05, 3.63) is 21.9 Å². The Kier molecular flexibility index (Phi) is 3.50. The number of fused-ring (bicyclic) bond motifs is 1. The molecule has 0 aromatic carbocycles. The van der Waals surface area contributed by atoms with E-state index < -0.39 is 0 Å². The fraction of sp³-hybridized carbons (Fsp3) is 0.714. The first-order valence-electron chi connectivity index (χ1n) is 6.85. The Bertz CT molecular complexity index is 370. The van der Waals surface area contributed by atoms with Gasteiger partial charge in [-0.25, -0.2) is 0 Å². The van der Waals surface area contributed by atoms with Gasteiger partial charge in [0, 0.05) is 30.6 Å². The van der Waals surface area contributed by atoms with Gasteiger partial charge >= 0.3 is 0 Å². The Labute approximate surface area is 108 Å². The number of hydrogen-bond acceptors (Lipinski definition) is 3. The summed E-state index contributed by atoms with van der Waals surface area (Å²) in [5.74, 6) is 0.997. The summed E-state index contributed by atoms with van der Waals surface area (Å²) in [5, 5.41) is 5.84. The smallest absolute Gasteiger partial charge is 0.0331 e. The molecule has 0 amide bonds. The van der Waals surface area contributed by atoms with Crippen molar-refractivity contribution in [2.75, 3.05) is 26.2 Å². The highest BCUT2D eigenvalue weighted by molar-refractivity contribution is 7.10. The van der Waals surface area contributed by atoms with Gasteiger partial charge in [0.1, 0.15) is 0 Å². The van der Waals surface area contributed by atoms with E-state index in [1.165, 1.54) is 38.9 Å². The average Bonchev–Trinajstić information content (AvgIpc) is 3.02. The molecule has 0 saturated heterocycles. The third-order valence-corrected chi connectivity index (χ3v) is 5.11. The summed E-state index contributed by atoms with van der Waals surface area (Å²) in [6, 6.07) is 2.93. The molecule has 2 nitrogen and oxygen atoms in total. The minimum Gasteiger partial charge on any atom is -0.315 e. The van der Waals surface area contributed by atoms with Crippen LogP contribution in [0.3, 0.4) is 0 Å². The molecule has 3 rings (SSSR count). The van der Waals surface area contributed by atoms with Crippen LogP contribution >= 0.6 is 11.3 Å². The summed E-state index contributed by atoms with van der Waals surface area (Å²) < 4.78 is 0. The minimum absolute atomic E-state index is 0.618. The quantitative estimate of drug-likeness (QED) is 0.808. The Morgan fingerprint density at radius 1 is 1.47 bits per heavy atom. The maximum absolute atomic E-state index is 3.59. The molecule has 1 fully saturated rings. The van der Waals surface area contributed by atoms with Crippen molar-refractivity contribution in [2.45, 2.75) is 32.2 Å². The van der Waals surface area contributed by atoms with Crippen LogP contribution in [0.1, 0.15) is 36.2 Å². The van der Waals surface area contributed by atoms with E-state index in [1.807, 2.05) is 11.3 Å². The molecular formula is C14H22N2S. The van der Waals surface area contributed by atoms with E-state index in [1.54, 1.807) is 10.4 Å². The van der Waals surface area contributed by atoms with Crippen molar-refractivity contribution in [3.63, 3.8) is 0 Å². The lowest BCUT2D eigenvalue weighted by Gasteiger charge is -2.33. The highest BCUT2D eigenvalue weighted by Crippen LogP contribution is 2.32. The molecular weight excluding hydrogens is 228 g/mol. The van der Waals surface area contributed by atoms with E-state index in [0.717, 1.165) is 12.5 Å². The molecule has 3 heteroatoms. The molecule has 1 aromatic heterocycles. The zero-order valence-electron chi connectivity index (χ0n) is 10.6. The van der Waals surface area contributed by atoms with Crippen LogP contribution in [0.5, 0.6) is 0 Å². The molecule has 0 radical (unpaired) electrons. The van der Waals surface area contributed by atoms with E-state index in [9.17, 15) is 0 Å². The molecule has 1 saturated carbocycles. The molecule has 0 spiro atoms. The van der Waals surface area contributed by atoms with Crippen LogP contribution in [0.2, 0.25) is 0 Å². The topological polar surface area (TPSA) is 15.3 Å². The Morgan fingerprint density at radius 3 is 3.18 bits per heavy atom. The summed E-state index contributed by atoms with van der Waals surface area (Å²) in [7, 11) is 0. The fourth-order valence-corrected chi connectivity index (χ4v) is 3.68. The molecule has 94 valence electrons. The number of nitrogens with one attached hydrogen (secondary N) is 1. The van der Waals surface area contributed by atoms with Crippen LogP contribution in [0.15, 0.2) is 11.4 Å². The van der Waals surface area contributed by atoms with Gasteiger partial charge in [-0.05, 0) is 55.7 Å². The summed E-state index contributed by atoms with van der Waals surface area (Å²) in [4.78, 5) is 4.23. The molecule has 1 atom stereocenters. The second-order valence-electron chi connectivity index (χ2n) is 5.41. The van der Waals surface area contributed by atoms with Crippen molar-refractivity contribution in [2.24, 2.45) is 5.92 Å². The summed E-state index contributed by atoms with van der Waals surface area (Å²) >= 11 is 1.93. The molecule has 2 aliphatic rings. The number of hydrogen-bond donors (Lipinski definition) is 1. The van der Waals surface area contributed by atoms with Crippen LogP contribution in [0.25, 0.3) is 0 Å². The molecule has 17 heavy (non-hydrogen) atoms. The van der Waals surface area contributed by atoms with Crippen molar-refractivity contribution in [1.29, 1.82) is 0 Å². The van der Waals surface area contributed by atoms with Crippen molar-refractivity contribution in [1.82, 2.24) is 10.2 Å². The molecule has 1 aromatic rings. The average molecular weight is 250 g/mol. The van der Waals surface area contributed by atoms with Gasteiger partial charge in [0.05, 0.1) is 0 Å². The number of nitrogens with zero attached hydrogens (tertiary/aromatic N) is 1. The van der Waals surface area contributed by atoms with Crippen molar-refractivity contribution in [3.8, 4) is 0 Å². The van der Waals surface area contributed by atoms with Crippen LogP contribution in [0, 0.1) is 5.92 Å². The lowest BCUT2D eigenvalue weighted by Crippen LogP contribution is -2.38. The molecule has 1 N–H and O–H groups in total. The van der Waals surface area contributed by atoms with Crippen molar-refractivity contribution >= 4 is 11.3 Å². The predicted octanol–water partition coefficient (Wildman–Crippen LogP) is 2.67. The Hall–Kier alpha value is -0.380. The van der Waals surface area contributed by atoms with Crippen molar-refractivity contribution < 1.29 is 0 Å². The lowest BCUT2D eigenvalue weighted by molar-refractivity contribution is 0.201. The molecule has 2 heterocycles. The third kappa shape index (κ3) is 2.72. The second-order valence-corrected chi connectivity index (χ2v) is 6.41. The van der Waals surface area contributed by atoms with E-state index in [-0.39, 0.29) is 0 Å². The van der Waals surface area contributed by atoms with Gasteiger partial charge in [0.15, 0.2) is 0 Å². The number of thiophene rings is 1. The normalized spacial score (nSPS) is 24.9. The van der Waals surface area contributed by atoms with Gasteiger partial charge in [-0.3, -0.25) is 4.90 Å². The fourth-order valence-electron chi connectivity index (χ4n) is 2.72. The monoisotopic (exact) mass is 250 g/mol. The number of rotatable bonds is 5. The Balaban J connectivity index is 1.47. The first-order valence-corrected chi connectivity index (χ1v) is 7.73. The summed E-state index contributed by atoms with van der Waals surface area (Å²) in [6.45, 7) is 7.18. The van der Waals surface area contributed by atoms with Gasteiger partial charge in [0.25, 0.3) is 0 Å². The first kappa shape index (κ1) is 11.7. The van der Waals surface area contributed by atoms with Crippen LogP contribution in [0.4, 0.5) is 0 Å². The van der Waals surface area contributed by atoms with Gasteiger partial charge < -0.3 is 5.32 Å². The van der Waals surface area contributed by atoms with E-state index in [0.29, 0.717) is 6.04 Å².